The molecular formula is C16H34N2. The summed E-state index contributed by atoms with van der Waals surface area (Å²) in [4.78, 5) is 2.69. The first-order valence-electron chi connectivity index (χ1n) is 7.76. The van der Waals surface area contributed by atoms with Crippen molar-refractivity contribution in [3.8, 4) is 0 Å². The molecule has 0 heterocycles. The highest BCUT2D eigenvalue weighted by Crippen LogP contribution is 2.46. The second-order valence-corrected chi connectivity index (χ2v) is 7.36. The first kappa shape index (κ1) is 16.0. The molecule has 18 heavy (non-hydrogen) atoms. The van der Waals surface area contributed by atoms with Gasteiger partial charge in [-0.1, -0.05) is 27.7 Å². The van der Waals surface area contributed by atoms with Gasteiger partial charge in [0, 0.05) is 18.1 Å². The monoisotopic (exact) mass is 254 g/mol. The minimum Gasteiger partial charge on any atom is -0.329 e. The van der Waals surface area contributed by atoms with E-state index in [1.54, 1.807) is 0 Å². The summed E-state index contributed by atoms with van der Waals surface area (Å²) in [5.74, 6) is 0.695. The highest BCUT2D eigenvalue weighted by molar-refractivity contribution is 5.02. The van der Waals surface area contributed by atoms with Crippen molar-refractivity contribution in [2.24, 2.45) is 17.1 Å². The molecule has 0 aromatic heterocycles. The average molecular weight is 254 g/mol. The average Bonchev–Trinajstić information content (AvgIpc) is 2.26. The van der Waals surface area contributed by atoms with Crippen molar-refractivity contribution in [3.63, 3.8) is 0 Å². The van der Waals surface area contributed by atoms with Gasteiger partial charge in [-0.25, -0.2) is 0 Å². The predicted octanol–water partition coefficient (Wildman–Crippen LogP) is 3.65. The number of hydrogen-bond acceptors (Lipinski definition) is 2. The molecule has 0 amide bonds. The lowest BCUT2D eigenvalue weighted by atomic mass is 9.63. The molecular weight excluding hydrogens is 220 g/mol. The Bertz CT molecular complexity index is 260. The van der Waals surface area contributed by atoms with Crippen LogP contribution in [0.3, 0.4) is 0 Å². The van der Waals surface area contributed by atoms with Gasteiger partial charge in [0.25, 0.3) is 0 Å². The van der Waals surface area contributed by atoms with Crippen LogP contribution in [0, 0.1) is 11.3 Å². The van der Waals surface area contributed by atoms with E-state index in [1.165, 1.54) is 32.2 Å². The Morgan fingerprint density at radius 1 is 1.28 bits per heavy atom. The van der Waals surface area contributed by atoms with E-state index < -0.39 is 0 Å². The van der Waals surface area contributed by atoms with E-state index in [4.69, 9.17) is 5.73 Å². The molecule has 1 saturated carbocycles. The summed E-state index contributed by atoms with van der Waals surface area (Å²) in [6.45, 7) is 16.1. The van der Waals surface area contributed by atoms with Crippen LogP contribution in [0.1, 0.15) is 67.2 Å². The standard InChI is InChI=1S/C16H34N2/c1-7-10-18(13(2)3)16(12-17)9-8-15(5,6)11-14(16)4/h13-14H,7-12,17H2,1-6H3. The van der Waals surface area contributed by atoms with E-state index in [-0.39, 0.29) is 5.54 Å². The van der Waals surface area contributed by atoms with Gasteiger partial charge in [0.2, 0.25) is 0 Å². The number of rotatable bonds is 5. The number of nitrogens with zero attached hydrogens (tertiary/aromatic N) is 1. The molecule has 0 aromatic rings. The summed E-state index contributed by atoms with van der Waals surface area (Å²) in [6, 6.07) is 0.595. The van der Waals surface area contributed by atoms with Crippen molar-refractivity contribution >= 4 is 0 Å². The van der Waals surface area contributed by atoms with Gasteiger partial charge in [-0.3, -0.25) is 4.90 Å². The lowest BCUT2D eigenvalue weighted by molar-refractivity contribution is -0.0393. The van der Waals surface area contributed by atoms with Gasteiger partial charge in [-0.2, -0.15) is 0 Å². The van der Waals surface area contributed by atoms with Crippen LogP contribution in [0.15, 0.2) is 0 Å². The lowest BCUT2D eigenvalue weighted by Gasteiger charge is -2.55. The van der Waals surface area contributed by atoms with Gasteiger partial charge in [0.1, 0.15) is 0 Å². The maximum Gasteiger partial charge on any atom is 0.0360 e. The fourth-order valence-electron chi connectivity index (χ4n) is 4.01. The fraction of sp³-hybridized carbons (Fsp3) is 1.00. The Labute approximate surface area is 114 Å². The van der Waals surface area contributed by atoms with Crippen molar-refractivity contribution in [2.75, 3.05) is 13.1 Å². The third-order valence-corrected chi connectivity index (χ3v) is 5.02. The van der Waals surface area contributed by atoms with Gasteiger partial charge in [0.05, 0.1) is 0 Å². The molecule has 0 spiro atoms. The summed E-state index contributed by atoms with van der Waals surface area (Å²) in [7, 11) is 0. The summed E-state index contributed by atoms with van der Waals surface area (Å²) < 4.78 is 0. The van der Waals surface area contributed by atoms with Crippen LogP contribution in [0.25, 0.3) is 0 Å². The van der Waals surface area contributed by atoms with Crippen LogP contribution in [0.4, 0.5) is 0 Å². The van der Waals surface area contributed by atoms with Gasteiger partial charge in [-0.15, -0.1) is 0 Å². The van der Waals surface area contributed by atoms with Crippen LogP contribution in [-0.2, 0) is 0 Å². The summed E-state index contributed by atoms with van der Waals surface area (Å²) in [5.41, 5.74) is 6.97. The Morgan fingerprint density at radius 2 is 1.89 bits per heavy atom. The zero-order valence-corrected chi connectivity index (χ0v) is 13.4. The van der Waals surface area contributed by atoms with Crippen LogP contribution < -0.4 is 5.73 Å². The Hall–Kier alpha value is -0.0800. The third kappa shape index (κ3) is 3.08. The molecule has 1 fully saturated rings. The van der Waals surface area contributed by atoms with Gasteiger partial charge >= 0.3 is 0 Å². The molecule has 0 bridgehead atoms. The zero-order valence-electron chi connectivity index (χ0n) is 13.4. The minimum absolute atomic E-state index is 0.236. The van der Waals surface area contributed by atoms with E-state index in [9.17, 15) is 0 Å². The van der Waals surface area contributed by atoms with Crippen molar-refractivity contribution in [1.29, 1.82) is 0 Å². The fourth-order valence-corrected chi connectivity index (χ4v) is 4.01. The molecule has 1 rings (SSSR count). The van der Waals surface area contributed by atoms with Crippen molar-refractivity contribution in [3.05, 3.63) is 0 Å². The molecule has 2 unspecified atom stereocenters. The molecule has 1 aliphatic rings. The molecule has 2 heteroatoms. The van der Waals surface area contributed by atoms with Gasteiger partial charge < -0.3 is 5.73 Å². The maximum absolute atomic E-state index is 6.24. The van der Waals surface area contributed by atoms with Crippen molar-refractivity contribution in [1.82, 2.24) is 4.90 Å². The minimum atomic E-state index is 0.236. The van der Waals surface area contributed by atoms with E-state index in [2.05, 4.69) is 46.4 Å². The highest BCUT2D eigenvalue weighted by atomic mass is 15.2. The highest BCUT2D eigenvalue weighted by Gasteiger charge is 2.46. The van der Waals surface area contributed by atoms with Crippen LogP contribution in [-0.4, -0.2) is 29.6 Å². The quantitative estimate of drug-likeness (QED) is 0.811. The van der Waals surface area contributed by atoms with Crippen LogP contribution in [0.2, 0.25) is 0 Å². The molecule has 0 aromatic carbocycles. The predicted molar refractivity (Wildman–Crippen MR) is 80.7 cm³/mol. The van der Waals surface area contributed by atoms with E-state index >= 15 is 0 Å². The molecule has 1 aliphatic carbocycles. The Balaban J connectivity index is 2.97. The summed E-state index contributed by atoms with van der Waals surface area (Å²) >= 11 is 0. The van der Waals surface area contributed by atoms with Gasteiger partial charge in [0.15, 0.2) is 0 Å². The van der Waals surface area contributed by atoms with E-state index in [1.807, 2.05) is 0 Å². The first-order chi connectivity index (χ1) is 8.29. The Kier molecular flexibility index (Phi) is 5.25. The molecule has 2 N–H and O–H groups in total. The Morgan fingerprint density at radius 3 is 2.28 bits per heavy atom. The van der Waals surface area contributed by atoms with Crippen molar-refractivity contribution < 1.29 is 0 Å². The van der Waals surface area contributed by atoms with E-state index in [0.717, 1.165) is 6.54 Å². The molecule has 0 saturated heterocycles. The summed E-state index contributed by atoms with van der Waals surface area (Å²) in [5, 5.41) is 0. The number of nitrogens with two attached hydrogens (primary N) is 1. The third-order valence-electron chi connectivity index (χ3n) is 5.02. The normalized spacial score (nSPS) is 32.2. The van der Waals surface area contributed by atoms with Crippen LogP contribution >= 0.6 is 0 Å². The second-order valence-electron chi connectivity index (χ2n) is 7.36. The molecule has 0 aliphatic heterocycles. The lowest BCUT2D eigenvalue weighted by Crippen LogP contribution is -2.63. The second kappa shape index (κ2) is 5.92. The number of hydrogen-bond donors (Lipinski definition) is 1. The summed E-state index contributed by atoms with van der Waals surface area (Å²) in [6.07, 6.45) is 5.09. The topological polar surface area (TPSA) is 29.3 Å². The zero-order chi connectivity index (χ0) is 14.0. The SMILES string of the molecule is CCCN(C(C)C)C1(CN)CCC(C)(C)CC1C. The maximum atomic E-state index is 6.24. The van der Waals surface area contributed by atoms with Gasteiger partial charge in [-0.05, 0) is 57.4 Å². The molecule has 2 nitrogen and oxygen atoms in total. The molecule has 0 radical (unpaired) electrons. The largest absolute Gasteiger partial charge is 0.329 e. The smallest absolute Gasteiger partial charge is 0.0360 e. The molecule has 108 valence electrons. The van der Waals surface area contributed by atoms with E-state index in [0.29, 0.717) is 17.4 Å². The first-order valence-corrected chi connectivity index (χ1v) is 7.76. The van der Waals surface area contributed by atoms with Crippen LogP contribution in [0.5, 0.6) is 0 Å². The molecule has 2 atom stereocenters. The van der Waals surface area contributed by atoms with Crippen molar-refractivity contribution in [2.45, 2.75) is 78.8 Å².